The van der Waals surface area contributed by atoms with Crippen molar-refractivity contribution in [2.75, 3.05) is 11.9 Å². The van der Waals surface area contributed by atoms with E-state index in [1.165, 1.54) is 0 Å². The molecule has 16 heavy (non-hydrogen) atoms. The molecule has 0 atom stereocenters. The van der Waals surface area contributed by atoms with Crippen LogP contribution in [0, 0.1) is 0 Å². The highest BCUT2D eigenvalue weighted by molar-refractivity contribution is 5.93. The standard InChI is InChI=1S/C12H18N2O.ClH/c1-12(2,3)9-6-4-5-7-10(9)14-11(15)8-13;/h4-7H,8,13H2,1-3H3,(H,14,15);1H. The molecular weight excluding hydrogens is 224 g/mol. The van der Waals surface area contributed by atoms with Gasteiger partial charge in [0.15, 0.2) is 0 Å². The Bertz CT molecular complexity index is 358. The first-order valence-corrected chi connectivity index (χ1v) is 5.04. The van der Waals surface area contributed by atoms with Crippen molar-refractivity contribution in [1.82, 2.24) is 0 Å². The lowest BCUT2D eigenvalue weighted by molar-refractivity contribution is -0.114. The first kappa shape index (κ1) is 14.9. The average molecular weight is 243 g/mol. The molecule has 0 aromatic heterocycles. The van der Waals surface area contributed by atoms with Gasteiger partial charge in [0.1, 0.15) is 0 Å². The quantitative estimate of drug-likeness (QED) is 0.836. The molecule has 0 spiro atoms. The molecule has 0 aliphatic rings. The molecule has 4 heteroatoms. The fourth-order valence-corrected chi connectivity index (χ4v) is 1.45. The van der Waals surface area contributed by atoms with Gasteiger partial charge in [0.2, 0.25) is 5.91 Å². The lowest BCUT2D eigenvalue weighted by Gasteiger charge is -2.22. The van der Waals surface area contributed by atoms with Crippen molar-refractivity contribution in [3.8, 4) is 0 Å². The van der Waals surface area contributed by atoms with Gasteiger partial charge in [0.25, 0.3) is 0 Å². The summed E-state index contributed by atoms with van der Waals surface area (Å²) in [5, 5.41) is 2.80. The Kier molecular flexibility index (Phi) is 5.48. The topological polar surface area (TPSA) is 55.1 Å². The number of nitrogens with one attached hydrogen (secondary N) is 1. The van der Waals surface area contributed by atoms with Crippen molar-refractivity contribution in [3.63, 3.8) is 0 Å². The Morgan fingerprint density at radius 1 is 1.31 bits per heavy atom. The molecule has 3 N–H and O–H groups in total. The van der Waals surface area contributed by atoms with Crippen molar-refractivity contribution < 1.29 is 4.79 Å². The van der Waals surface area contributed by atoms with Crippen molar-refractivity contribution in [3.05, 3.63) is 29.8 Å². The lowest BCUT2D eigenvalue weighted by Crippen LogP contribution is -2.24. The second kappa shape index (κ2) is 5.87. The highest BCUT2D eigenvalue weighted by atomic mass is 35.5. The van der Waals surface area contributed by atoms with Crippen LogP contribution in [0.1, 0.15) is 26.3 Å². The largest absolute Gasteiger partial charge is 0.325 e. The van der Waals surface area contributed by atoms with E-state index in [1.54, 1.807) is 0 Å². The van der Waals surface area contributed by atoms with E-state index in [1.807, 2.05) is 24.3 Å². The molecule has 0 bridgehead atoms. The van der Waals surface area contributed by atoms with Gasteiger partial charge in [-0.3, -0.25) is 4.79 Å². The van der Waals surface area contributed by atoms with Crippen LogP contribution >= 0.6 is 12.4 Å². The fourth-order valence-electron chi connectivity index (χ4n) is 1.45. The van der Waals surface area contributed by atoms with Gasteiger partial charge in [-0.15, -0.1) is 12.4 Å². The van der Waals surface area contributed by atoms with Gasteiger partial charge < -0.3 is 11.1 Å². The van der Waals surface area contributed by atoms with Crippen LogP contribution in [-0.2, 0) is 10.2 Å². The Morgan fingerprint density at radius 2 is 1.88 bits per heavy atom. The van der Waals surface area contributed by atoms with Crippen molar-refractivity contribution in [2.24, 2.45) is 5.73 Å². The molecule has 0 saturated carbocycles. The zero-order valence-electron chi connectivity index (χ0n) is 9.91. The monoisotopic (exact) mass is 242 g/mol. The van der Waals surface area contributed by atoms with Gasteiger partial charge in [-0.25, -0.2) is 0 Å². The molecule has 0 saturated heterocycles. The maximum absolute atomic E-state index is 11.2. The van der Waals surface area contributed by atoms with Crippen LogP contribution in [-0.4, -0.2) is 12.5 Å². The molecule has 0 heterocycles. The zero-order chi connectivity index (χ0) is 11.5. The van der Waals surface area contributed by atoms with E-state index in [9.17, 15) is 4.79 Å². The molecule has 0 radical (unpaired) electrons. The summed E-state index contributed by atoms with van der Waals surface area (Å²) in [6.45, 7) is 6.35. The number of nitrogens with two attached hydrogens (primary N) is 1. The number of hydrogen-bond donors (Lipinski definition) is 2. The highest BCUT2D eigenvalue weighted by Gasteiger charge is 2.17. The van der Waals surface area contributed by atoms with E-state index in [4.69, 9.17) is 5.73 Å². The smallest absolute Gasteiger partial charge is 0.238 e. The molecule has 0 aliphatic carbocycles. The number of amides is 1. The molecule has 0 aliphatic heterocycles. The maximum Gasteiger partial charge on any atom is 0.238 e. The lowest BCUT2D eigenvalue weighted by atomic mass is 9.86. The maximum atomic E-state index is 11.2. The van der Waals surface area contributed by atoms with Crippen LogP contribution in [0.2, 0.25) is 0 Å². The Balaban J connectivity index is 0.00000225. The Morgan fingerprint density at radius 3 is 2.38 bits per heavy atom. The third-order valence-corrected chi connectivity index (χ3v) is 2.19. The van der Waals surface area contributed by atoms with E-state index in [0.717, 1.165) is 11.3 Å². The van der Waals surface area contributed by atoms with Gasteiger partial charge in [0, 0.05) is 5.69 Å². The van der Waals surface area contributed by atoms with Crippen molar-refractivity contribution in [2.45, 2.75) is 26.2 Å². The van der Waals surface area contributed by atoms with Crippen LogP contribution in [0.5, 0.6) is 0 Å². The molecule has 1 aromatic rings. The number of para-hydroxylation sites is 1. The molecule has 90 valence electrons. The normalized spacial score (nSPS) is 10.5. The van der Waals surface area contributed by atoms with Crippen LogP contribution in [0.25, 0.3) is 0 Å². The minimum absolute atomic E-state index is 0. The van der Waals surface area contributed by atoms with E-state index in [2.05, 4.69) is 26.1 Å². The fraction of sp³-hybridized carbons (Fsp3) is 0.417. The van der Waals surface area contributed by atoms with Gasteiger partial charge in [-0.1, -0.05) is 39.0 Å². The van der Waals surface area contributed by atoms with Gasteiger partial charge in [-0.05, 0) is 17.0 Å². The first-order chi connectivity index (χ1) is 6.95. The second-order valence-electron chi connectivity index (χ2n) is 4.55. The average Bonchev–Trinajstić information content (AvgIpc) is 2.17. The molecule has 3 nitrogen and oxygen atoms in total. The third-order valence-electron chi connectivity index (χ3n) is 2.19. The number of halogens is 1. The van der Waals surface area contributed by atoms with Crippen LogP contribution < -0.4 is 11.1 Å². The number of hydrogen-bond acceptors (Lipinski definition) is 2. The number of carbonyl (C=O) groups is 1. The predicted molar refractivity (Wildman–Crippen MR) is 70.1 cm³/mol. The Hall–Kier alpha value is -1.06. The second-order valence-corrected chi connectivity index (χ2v) is 4.55. The minimum atomic E-state index is -0.160. The zero-order valence-corrected chi connectivity index (χ0v) is 10.7. The summed E-state index contributed by atoms with van der Waals surface area (Å²) >= 11 is 0. The number of rotatable bonds is 2. The van der Waals surface area contributed by atoms with E-state index in [-0.39, 0.29) is 30.3 Å². The summed E-state index contributed by atoms with van der Waals surface area (Å²) in [6, 6.07) is 7.79. The molecule has 0 unspecified atom stereocenters. The SMILES string of the molecule is CC(C)(C)c1ccccc1NC(=O)CN.Cl. The summed E-state index contributed by atoms with van der Waals surface area (Å²) in [6.07, 6.45) is 0. The molecule has 1 rings (SSSR count). The van der Waals surface area contributed by atoms with Gasteiger partial charge >= 0.3 is 0 Å². The number of benzene rings is 1. The Labute approximate surface area is 103 Å². The van der Waals surface area contributed by atoms with Gasteiger partial charge in [0.05, 0.1) is 6.54 Å². The molecule has 1 aromatic carbocycles. The van der Waals surface area contributed by atoms with Crippen LogP contribution in [0.3, 0.4) is 0 Å². The highest BCUT2D eigenvalue weighted by Crippen LogP contribution is 2.28. The number of carbonyl (C=O) groups excluding carboxylic acids is 1. The van der Waals surface area contributed by atoms with Gasteiger partial charge in [-0.2, -0.15) is 0 Å². The van der Waals surface area contributed by atoms with Crippen molar-refractivity contribution in [1.29, 1.82) is 0 Å². The summed E-state index contributed by atoms with van der Waals surface area (Å²) in [7, 11) is 0. The van der Waals surface area contributed by atoms with E-state index < -0.39 is 0 Å². The summed E-state index contributed by atoms with van der Waals surface area (Å²) < 4.78 is 0. The number of anilines is 1. The third kappa shape index (κ3) is 3.83. The minimum Gasteiger partial charge on any atom is -0.325 e. The molecular formula is C12H19ClN2O. The first-order valence-electron chi connectivity index (χ1n) is 5.04. The van der Waals surface area contributed by atoms with Crippen LogP contribution in [0.15, 0.2) is 24.3 Å². The van der Waals surface area contributed by atoms with E-state index in [0.29, 0.717) is 0 Å². The van der Waals surface area contributed by atoms with E-state index >= 15 is 0 Å². The summed E-state index contributed by atoms with van der Waals surface area (Å²) in [5.74, 6) is -0.160. The van der Waals surface area contributed by atoms with Crippen molar-refractivity contribution >= 4 is 24.0 Å². The predicted octanol–water partition coefficient (Wildman–Crippen LogP) is 2.30. The molecule has 0 fully saturated rings. The summed E-state index contributed by atoms with van der Waals surface area (Å²) in [4.78, 5) is 11.2. The molecule has 1 amide bonds. The summed E-state index contributed by atoms with van der Waals surface area (Å²) in [5.41, 5.74) is 7.24. The van der Waals surface area contributed by atoms with Crippen LogP contribution in [0.4, 0.5) is 5.69 Å².